The number of nitriles is 1. The van der Waals surface area contributed by atoms with Crippen LogP contribution >= 0.6 is 22.6 Å². The minimum atomic E-state index is -4.35. The fourth-order valence-electron chi connectivity index (χ4n) is 5.60. The first-order valence-electron chi connectivity index (χ1n) is 11.0. The van der Waals surface area contributed by atoms with Crippen LogP contribution in [0.2, 0.25) is 0 Å². The number of carbonyl (C=O) groups is 1. The molecule has 0 radical (unpaired) electrons. The largest absolute Gasteiger partial charge is 0.393 e. The number of hydrogen-bond acceptors (Lipinski definition) is 3. The van der Waals surface area contributed by atoms with Crippen LogP contribution in [0.4, 0.5) is 13.2 Å². The Labute approximate surface area is 190 Å². The fourth-order valence-corrected chi connectivity index (χ4v) is 6.49. The molecule has 3 fully saturated rings. The second-order valence-electron chi connectivity index (χ2n) is 9.42. The van der Waals surface area contributed by atoms with Gasteiger partial charge in [0.1, 0.15) is 11.6 Å². The number of carbonyl (C=O) groups excluding carboxylic acids is 1. The SMILES string of the molecule is CC1C2CC(C)(I)CCCC2CCN1C(=O)/C(C#N)=C/C1NCCCC1C(F)(F)F. The summed E-state index contributed by atoms with van der Waals surface area (Å²) in [6.45, 7) is 5.33. The molecule has 0 aromatic heterocycles. The number of likely N-dealkylation sites (tertiary alicyclic amines) is 1. The average molecular weight is 537 g/mol. The summed E-state index contributed by atoms with van der Waals surface area (Å²) in [6, 6.07) is 0.858. The van der Waals surface area contributed by atoms with Crippen LogP contribution in [0.25, 0.3) is 0 Å². The van der Waals surface area contributed by atoms with E-state index in [1.165, 1.54) is 12.5 Å². The molecule has 4 nitrogen and oxygen atoms in total. The van der Waals surface area contributed by atoms with Gasteiger partial charge in [0.05, 0.1) is 5.92 Å². The number of nitrogens with zero attached hydrogens (tertiary/aromatic N) is 2. The van der Waals surface area contributed by atoms with Gasteiger partial charge in [-0.3, -0.25) is 4.79 Å². The number of piperidine rings is 2. The third-order valence-corrected chi connectivity index (χ3v) is 8.26. The summed E-state index contributed by atoms with van der Waals surface area (Å²) >= 11 is 2.52. The van der Waals surface area contributed by atoms with Crippen LogP contribution < -0.4 is 5.32 Å². The summed E-state index contributed by atoms with van der Waals surface area (Å²) in [6.07, 6.45) is 2.77. The number of nitrogens with one attached hydrogen (secondary N) is 1. The fraction of sp³-hybridized carbons (Fsp3) is 0.818. The Morgan fingerprint density at radius 3 is 2.70 bits per heavy atom. The van der Waals surface area contributed by atoms with Crippen molar-refractivity contribution in [3.8, 4) is 6.07 Å². The van der Waals surface area contributed by atoms with Crippen molar-refractivity contribution in [3.63, 3.8) is 0 Å². The molecule has 2 aliphatic heterocycles. The second-order valence-corrected chi connectivity index (χ2v) is 12.0. The van der Waals surface area contributed by atoms with Crippen LogP contribution in [0, 0.1) is 29.1 Å². The first-order valence-corrected chi connectivity index (χ1v) is 12.0. The molecule has 6 unspecified atom stereocenters. The Hall–Kier alpha value is -0.820. The lowest BCUT2D eigenvalue weighted by molar-refractivity contribution is -0.184. The molecule has 1 saturated carbocycles. The van der Waals surface area contributed by atoms with Crippen LogP contribution in [0.15, 0.2) is 11.6 Å². The average Bonchev–Trinajstić information content (AvgIpc) is 2.83. The van der Waals surface area contributed by atoms with Gasteiger partial charge < -0.3 is 10.2 Å². The monoisotopic (exact) mass is 537 g/mol. The third-order valence-electron chi connectivity index (χ3n) is 7.28. The molecule has 0 aromatic carbocycles. The standard InChI is InChI=1S/C22H31F3IN3O/c1-14-17-12-21(2,26)8-3-5-15(17)7-10-29(14)20(30)16(13-27)11-19-18(22(23,24)25)6-4-9-28-19/h11,14-15,17-19,28H,3-10,12H2,1-2H3/b16-11+. The Bertz CT molecular complexity index is 715. The maximum atomic E-state index is 13.4. The van der Waals surface area contributed by atoms with Gasteiger partial charge in [0, 0.05) is 22.1 Å². The maximum absolute atomic E-state index is 13.4. The van der Waals surface area contributed by atoms with E-state index in [-0.39, 0.29) is 21.5 Å². The summed E-state index contributed by atoms with van der Waals surface area (Å²) < 4.78 is 40.4. The molecule has 1 aliphatic carbocycles. The Kier molecular flexibility index (Phi) is 7.43. The number of amides is 1. The van der Waals surface area contributed by atoms with E-state index in [4.69, 9.17) is 0 Å². The molecule has 2 saturated heterocycles. The Morgan fingerprint density at radius 1 is 1.30 bits per heavy atom. The van der Waals surface area contributed by atoms with Crippen molar-refractivity contribution in [1.82, 2.24) is 10.2 Å². The van der Waals surface area contributed by atoms with E-state index in [9.17, 15) is 23.2 Å². The summed E-state index contributed by atoms with van der Waals surface area (Å²) in [5.74, 6) is -1.05. The molecule has 0 bridgehead atoms. The Morgan fingerprint density at radius 2 is 2.03 bits per heavy atom. The highest BCUT2D eigenvalue weighted by atomic mass is 127. The van der Waals surface area contributed by atoms with Crippen molar-refractivity contribution in [1.29, 1.82) is 5.26 Å². The van der Waals surface area contributed by atoms with Crippen LogP contribution in [-0.2, 0) is 4.79 Å². The van der Waals surface area contributed by atoms with Crippen molar-refractivity contribution in [2.24, 2.45) is 17.8 Å². The topological polar surface area (TPSA) is 56.1 Å². The van der Waals surface area contributed by atoms with Crippen molar-refractivity contribution in [3.05, 3.63) is 11.6 Å². The van der Waals surface area contributed by atoms with E-state index in [0.717, 1.165) is 25.7 Å². The molecule has 8 heteroatoms. The number of alkyl halides is 4. The molecule has 3 aliphatic rings. The van der Waals surface area contributed by atoms with E-state index < -0.39 is 24.0 Å². The lowest BCUT2D eigenvalue weighted by atomic mass is 9.76. The molecule has 3 rings (SSSR count). The van der Waals surface area contributed by atoms with Crippen molar-refractivity contribution in [2.75, 3.05) is 13.1 Å². The minimum Gasteiger partial charge on any atom is -0.335 e. The highest BCUT2D eigenvalue weighted by Gasteiger charge is 2.46. The van der Waals surface area contributed by atoms with Gasteiger partial charge in [0.2, 0.25) is 0 Å². The summed E-state index contributed by atoms with van der Waals surface area (Å²) in [4.78, 5) is 15.0. The lowest BCUT2D eigenvalue weighted by Gasteiger charge is -2.45. The lowest BCUT2D eigenvalue weighted by Crippen LogP contribution is -2.51. The number of rotatable bonds is 2. The van der Waals surface area contributed by atoms with Gasteiger partial charge in [-0.05, 0) is 69.9 Å². The third kappa shape index (κ3) is 5.32. The molecule has 1 amide bonds. The first kappa shape index (κ1) is 23.8. The zero-order valence-corrected chi connectivity index (χ0v) is 19.8. The summed E-state index contributed by atoms with van der Waals surface area (Å²) in [7, 11) is 0. The predicted octanol–water partition coefficient (Wildman–Crippen LogP) is 4.99. The normalized spacial score (nSPS) is 38.4. The Balaban J connectivity index is 1.80. The highest BCUT2D eigenvalue weighted by Crippen LogP contribution is 2.45. The van der Waals surface area contributed by atoms with E-state index >= 15 is 0 Å². The van der Waals surface area contributed by atoms with Crippen molar-refractivity contribution in [2.45, 2.75) is 80.5 Å². The van der Waals surface area contributed by atoms with E-state index in [2.05, 4.69) is 34.8 Å². The van der Waals surface area contributed by atoms with Crippen molar-refractivity contribution >= 4 is 28.5 Å². The van der Waals surface area contributed by atoms with Crippen LogP contribution in [0.3, 0.4) is 0 Å². The summed E-state index contributed by atoms with van der Waals surface area (Å²) in [5.41, 5.74) is -0.167. The molecule has 2 heterocycles. The number of hydrogen-bond donors (Lipinski definition) is 1. The van der Waals surface area contributed by atoms with Gasteiger partial charge in [0.25, 0.3) is 5.91 Å². The molecule has 6 atom stereocenters. The maximum Gasteiger partial charge on any atom is 0.393 e. The highest BCUT2D eigenvalue weighted by molar-refractivity contribution is 14.1. The molecular weight excluding hydrogens is 506 g/mol. The van der Waals surface area contributed by atoms with Crippen LogP contribution in [-0.4, -0.2) is 45.6 Å². The summed E-state index contributed by atoms with van der Waals surface area (Å²) in [5, 5.41) is 12.5. The van der Waals surface area contributed by atoms with Gasteiger partial charge >= 0.3 is 6.18 Å². The zero-order valence-electron chi connectivity index (χ0n) is 17.6. The van der Waals surface area contributed by atoms with Gasteiger partial charge in [0.15, 0.2) is 0 Å². The molecular formula is C22H31F3IN3O. The number of fused-ring (bicyclic) bond motifs is 1. The molecule has 30 heavy (non-hydrogen) atoms. The van der Waals surface area contributed by atoms with Gasteiger partial charge in [-0.15, -0.1) is 0 Å². The van der Waals surface area contributed by atoms with E-state index in [0.29, 0.717) is 31.3 Å². The van der Waals surface area contributed by atoms with Gasteiger partial charge in [-0.1, -0.05) is 35.9 Å². The van der Waals surface area contributed by atoms with Crippen LogP contribution in [0.1, 0.15) is 58.8 Å². The van der Waals surface area contributed by atoms with E-state index in [1.807, 2.05) is 13.0 Å². The predicted molar refractivity (Wildman–Crippen MR) is 118 cm³/mol. The quantitative estimate of drug-likeness (QED) is 0.234. The smallest absolute Gasteiger partial charge is 0.335 e. The zero-order chi connectivity index (χ0) is 22.1. The molecule has 1 N–H and O–H groups in total. The van der Waals surface area contributed by atoms with Gasteiger partial charge in [-0.25, -0.2) is 0 Å². The van der Waals surface area contributed by atoms with Crippen molar-refractivity contribution < 1.29 is 18.0 Å². The van der Waals surface area contributed by atoms with Crippen LogP contribution in [0.5, 0.6) is 0 Å². The molecule has 0 spiro atoms. The molecule has 0 aromatic rings. The second kappa shape index (κ2) is 9.35. The van der Waals surface area contributed by atoms with E-state index in [1.54, 1.807) is 4.90 Å². The number of halogens is 4. The van der Waals surface area contributed by atoms with Gasteiger partial charge in [-0.2, -0.15) is 18.4 Å². The molecule has 168 valence electrons. The minimum absolute atomic E-state index is 0.0158. The first-order chi connectivity index (χ1) is 14.0.